The Morgan fingerprint density at radius 2 is 1.79 bits per heavy atom. The van der Waals surface area contributed by atoms with Crippen LogP contribution in [0.3, 0.4) is 0 Å². The zero-order valence-corrected chi connectivity index (χ0v) is 14.5. The fraction of sp³-hybridized carbons (Fsp3) is 0.600. The molecule has 1 saturated carbocycles. The molecule has 2 fully saturated rings. The molecule has 3 unspecified atom stereocenters. The van der Waals surface area contributed by atoms with Gasteiger partial charge in [-0.15, -0.1) is 0 Å². The number of likely N-dealkylation sites (N-methyl/N-ethyl adjacent to an activating group) is 1. The number of hydrogen-bond donors (Lipinski definition) is 0. The molecule has 126 valence electrons. The molecule has 4 nitrogen and oxygen atoms in total. The van der Waals surface area contributed by atoms with E-state index < -0.39 is 0 Å². The van der Waals surface area contributed by atoms with Gasteiger partial charge in [0.2, 0.25) is 0 Å². The van der Waals surface area contributed by atoms with Crippen LogP contribution in [-0.4, -0.2) is 53.0 Å². The van der Waals surface area contributed by atoms with E-state index in [4.69, 9.17) is 4.98 Å². The minimum Gasteiger partial charge on any atom is -0.369 e. The van der Waals surface area contributed by atoms with E-state index in [9.17, 15) is 0 Å². The summed E-state index contributed by atoms with van der Waals surface area (Å²) in [6, 6.07) is 0. The molecule has 4 heteroatoms. The number of allylic oxidation sites excluding steroid dienone is 3. The molecule has 3 atom stereocenters. The Kier molecular flexibility index (Phi) is 3.47. The van der Waals surface area contributed by atoms with Gasteiger partial charge in [0.1, 0.15) is 6.33 Å². The lowest BCUT2D eigenvalue weighted by molar-refractivity contribution is 0.189. The highest BCUT2D eigenvalue weighted by molar-refractivity contribution is 5.43. The van der Waals surface area contributed by atoms with Gasteiger partial charge in [-0.25, -0.2) is 9.97 Å². The molecule has 1 aliphatic heterocycles. The summed E-state index contributed by atoms with van der Waals surface area (Å²) >= 11 is 0. The third-order valence-electron chi connectivity index (χ3n) is 6.47. The van der Waals surface area contributed by atoms with Crippen LogP contribution in [0.5, 0.6) is 0 Å². The van der Waals surface area contributed by atoms with Crippen molar-refractivity contribution < 1.29 is 0 Å². The van der Waals surface area contributed by atoms with E-state index in [1.165, 1.54) is 41.9 Å². The predicted molar refractivity (Wildman–Crippen MR) is 95.0 cm³/mol. The Bertz CT molecular complexity index is 700. The first-order chi connectivity index (χ1) is 11.8. The van der Waals surface area contributed by atoms with Gasteiger partial charge in [0, 0.05) is 43.7 Å². The van der Waals surface area contributed by atoms with Crippen molar-refractivity contribution in [3.63, 3.8) is 0 Å². The number of nitrogens with zero attached hydrogens (tertiary/aromatic N) is 4. The largest absolute Gasteiger partial charge is 0.369 e. The quantitative estimate of drug-likeness (QED) is 0.838. The molecule has 1 aromatic rings. The lowest BCUT2D eigenvalue weighted by atomic mass is 9.86. The van der Waals surface area contributed by atoms with E-state index in [1.807, 2.05) is 6.33 Å². The fourth-order valence-corrected chi connectivity index (χ4v) is 5.07. The number of piperazine rings is 1. The molecule has 4 aliphatic rings. The molecule has 1 aromatic heterocycles. The first-order valence-corrected chi connectivity index (χ1v) is 9.46. The molecule has 0 amide bonds. The van der Waals surface area contributed by atoms with Crippen LogP contribution in [0, 0.1) is 0 Å². The van der Waals surface area contributed by atoms with Gasteiger partial charge in [0.05, 0.1) is 11.4 Å². The maximum atomic E-state index is 4.73. The molecule has 24 heavy (non-hydrogen) atoms. The Morgan fingerprint density at radius 3 is 2.58 bits per heavy atom. The molecule has 5 rings (SSSR count). The third kappa shape index (κ3) is 2.31. The van der Waals surface area contributed by atoms with Gasteiger partial charge in [-0.05, 0) is 50.3 Å². The highest BCUT2D eigenvalue weighted by atomic mass is 15.2. The predicted octanol–water partition coefficient (Wildman–Crippen LogP) is 3.02. The summed E-state index contributed by atoms with van der Waals surface area (Å²) in [5.74, 6) is 1.89. The molecule has 3 aliphatic carbocycles. The Morgan fingerprint density at radius 1 is 1.00 bits per heavy atom. The molecular weight excluding hydrogens is 296 g/mol. The first-order valence-electron chi connectivity index (χ1n) is 9.46. The van der Waals surface area contributed by atoms with Crippen molar-refractivity contribution in [2.24, 2.45) is 0 Å². The second-order valence-corrected chi connectivity index (χ2v) is 7.89. The van der Waals surface area contributed by atoms with E-state index in [0.29, 0.717) is 5.92 Å². The maximum absolute atomic E-state index is 4.73. The molecule has 2 bridgehead atoms. The van der Waals surface area contributed by atoms with Gasteiger partial charge in [0.15, 0.2) is 0 Å². The molecule has 0 radical (unpaired) electrons. The lowest BCUT2D eigenvalue weighted by Gasteiger charge is -2.36. The Hall–Kier alpha value is -1.68. The van der Waals surface area contributed by atoms with Crippen molar-refractivity contribution >= 4 is 0 Å². The molecule has 0 aromatic carbocycles. The molecule has 0 N–H and O–H groups in total. The van der Waals surface area contributed by atoms with Crippen LogP contribution in [-0.2, 0) is 0 Å². The highest BCUT2D eigenvalue weighted by Gasteiger charge is 2.41. The summed E-state index contributed by atoms with van der Waals surface area (Å²) in [5, 5.41) is 0. The number of fused-ring (bicyclic) bond motifs is 5. The van der Waals surface area contributed by atoms with Crippen molar-refractivity contribution in [2.75, 3.05) is 33.2 Å². The van der Waals surface area contributed by atoms with Gasteiger partial charge in [-0.3, -0.25) is 0 Å². The van der Waals surface area contributed by atoms with Crippen LogP contribution in [0.15, 0.2) is 30.3 Å². The summed E-state index contributed by atoms with van der Waals surface area (Å²) < 4.78 is 0. The summed E-state index contributed by atoms with van der Waals surface area (Å²) in [5.41, 5.74) is 5.61. The van der Waals surface area contributed by atoms with Crippen LogP contribution in [0.4, 0.5) is 0 Å². The first kappa shape index (κ1) is 14.6. The minimum absolute atomic E-state index is 0.442. The van der Waals surface area contributed by atoms with Crippen molar-refractivity contribution in [1.29, 1.82) is 0 Å². The molecular formula is C20H26N4. The maximum Gasteiger partial charge on any atom is 0.115 e. The molecule has 1 saturated heterocycles. The van der Waals surface area contributed by atoms with Gasteiger partial charge in [-0.2, -0.15) is 0 Å². The van der Waals surface area contributed by atoms with Crippen LogP contribution >= 0.6 is 0 Å². The fourth-order valence-electron chi connectivity index (χ4n) is 5.07. The summed E-state index contributed by atoms with van der Waals surface area (Å²) in [6.45, 7) is 4.61. The van der Waals surface area contributed by atoms with Crippen LogP contribution < -0.4 is 0 Å². The summed E-state index contributed by atoms with van der Waals surface area (Å²) in [4.78, 5) is 14.3. The van der Waals surface area contributed by atoms with Gasteiger partial charge in [-0.1, -0.05) is 12.2 Å². The second kappa shape index (κ2) is 5.69. The van der Waals surface area contributed by atoms with Crippen molar-refractivity contribution in [2.45, 2.75) is 43.4 Å². The minimum atomic E-state index is 0.442. The van der Waals surface area contributed by atoms with Gasteiger partial charge in [0.25, 0.3) is 0 Å². The van der Waals surface area contributed by atoms with E-state index in [-0.39, 0.29) is 0 Å². The third-order valence-corrected chi connectivity index (χ3v) is 6.47. The standard InChI is InChI=1S/C20H26N4/c1-23-8-10-24(11-9-23)17-6-4-14(5-7-17)19-18-15-2-3-16(12-15)20(18)22-13-21-19/h4,6-7,13-16H,2-3,5,8-12H2,1H3. The monoisotopic (exact) mass is 322 g/mol. The number of aromatic nitrogens is 2. The van der Waals surface area contributed by atoms with Crippen LogP contribution in [0.2, 0.25) is 0 Å². The van der Waals surface area contributed by atoms with Crippen molar-refractivity contribution in [3.8, 4) is 0 Å². The number of hydrogen-bond acceptors (Lipinski definition) is 4. The number of rotatable bonds is 2. The summed E-state index contributed by atoms with van der Waals surface area (Å²) in [7, 11) is 2.21. The smallest absolute Gasteiger partial charge is 0.115 e. The van der Waals surface area contributed by atoms with Gasteiger partial charge >= 0.3 is 0 Å². The highest BCUT2D eigenvalue weighted by Crippen LogP contribution is 2.54. The molecule has 0 spiro atoms. The SMILES string of the molecule is CN1CCN(C2=CCC(c3ncnc4c3C3CCC4C3)C=C2)CC1. The lowest BCUT2D eigenvalue weighted by Crippen LogP contribution is -2.43. The van der Waals surface area contributed by atoms with Crippen molar-refractivity contribution in [1.82, 2.24) is 19.8 Å². The van der Waals surface area contributed by atoms with Crippen LogP contribution in [0.1, 0.15) is 60.4 Å². The van der Waals surface area contributed by atoms with Gasteiger partial charge < -0.3 is 9.80 Å². The average Bonchev–Trinajstić information content (AvgIpc) is 3.25. The van der Waals surface area contributed by atoms with Crippen molar-refractivity contribution in [3.05, 3.63) is 47.2 Å². The van der Waals surface area contributed by atoms with Crippen LogP contribution in [0.25, 0.3) is 0 Å². The zero-order chi connectivity index (χ0) is 16.1. The normalized spacial score (nSPS) is 32.1. The Labute approximate surface area is 144 Å². The second-order valence-electron chi connectivity index (χ2n) is 7.89. The zero-order valence-electron chi connectivity index (χ0n) is 14.5. The van der Waals surface area contributed by atoms with E-state index >= 15 is 0 Å². The summed E-state index contributed by atoms with van der Waals surface area (Å²) in [6.07, 6.45) is 14.0. The molecule has 2 heterocycles. The Balaban J connectivity index is 1.36. The van der Waals surface area contributed by atoms with E-state index in [0.717, 1.165) is 44.4 Å². The topological polar surface area (TPSA) is 32.3 Å². The van der Waals surface area contributed by atoms with E-state index in [2.05, 4.69) is 40.1 Å². The average molecular weight is 322 g/mol. The van der Waals surface area contributed by atoms with E-state index in [1.54, 1.807) is 0 Å².